The lowest BCUT2D eigenvalue weighted by atomic mass is 10.2. The zero-order chi connectivity index (χ0) is 11.7. The van der Waals surface area contributed by atoms with Crippen LogP contribution in [0.2, 0.25) is 0 Å². The van der Waals surface area contributed by atoms with Crippen LogP contribution in [0.5, 0.6) is 0 Å². The lowest BCUT2D eigenvalue weighted by Gasteiger charge is -2.17. The minimum atomic E-state index is 1.09. The quantitative estimate of drug-likeness (QED) is 0.751. The van der Waals surface area contributed by atoms with Gasteiger partial charge in [-0.2, -0.15) is 0 Å². The van der Waals surface area contributed by atoms with Crippen molar-refractivity contribution in [3.63, 3.8) is 0 Å². The molecule has 1 aliphatic heterocycles. The lowest BCUT2D eigenvalue weighted by molar-refractivity contribution is 1.05. The van der Waals surface area contributed by atoms with Crippen molar-refractivity contribution in [3.05, 3.63) is 58.6 Å². The number of rotatable bonds is 2. The Morgan fingerprint density at radius 2 is 1.88 bits per heavy atom. The van der Waals surface area contributed by atoms with Crippen molar-refractivity contribution in [2.24, 2.45) is 0 Å². The van der Waals surface area contributed by atoms with Gasteiger partial charge >= 0.3 is 0 Å². The number of anilines is 1. The zero-order valence-corrected chi connectivity index (χ0v) is 11.7. The first-order valence-corrected chi connectivity index (χ1v) is 7.18. The third-order valence-electron chi connectivity index (χ3n) is 2.85. The van der Waals surface area contributed by atoms with E-state index in [-0.39, 0.29) is 0 Å². The smallest absolute Gasteiger partial charge is 0.0506 e. The Bertz CT molecular complexity index is 527. The molecule has 0 aliphatic carbocycles. The van der Waals surface area contributed by atoms with Crippen molar-refractivity contribution >= 4 is 33.6 Å². The molecule has 1 heterocycles. The van der Waals surface area contributed by atoms with Crippen molar-refractivity contribution in [2.45, 2.75) is 11.3 Å². The average molecular weight is 306 g/mol. The van der Waals surface area contributed by atoms with Gasteiger partial charge in [-0.05, 0) is 54.3 Å². The summed E-state index contributed by atoms with van der Waals surface area (Å²) >= 11 is 5.34. The molecule has 3 heteroatoms. The van der Waals surface area contributed by atoms with Gasteiger partial charge in [-0.25, -0.2) is 0 Å². The number of halogens is 1. The van der Waals surface area contributed by atoms with Gasteiger partial charge in [0.05, 0.1) is 5.69 Å². The molecule has 0 bridgehead atoms. The molecule has 3 rings (SSSR count). The van der Waals surface area contributed by atoms with Crippen LogP contribution in [0.3, 0.4) is 0 Å². The Morgan fingerprint density at radius 3 is 2.71 bits per heavy atom. The fourth-order valence-corrected chi connectivity index (χ4v) is 3.44. The van der Waals surface area contributed by atoms with Gasteiger partial charge in [-0.15, -0.1) is 0 Å². The lowest BCUT2D eigenvalue weighted by Crippen LogP contribution is -2.09. The minimum Gasteiger partial charge on any atom is -0.312 e. The molecular formula is C14H12BrNS. The minimum absolute atomic E-state index is 1.09. The topological polar surface area (TPSA) is 3.24 Å². The number of hydrogen-bond acceptors (Lipinski definition) is 2. The summed E-state index contributed by atoms with van der Waals surface area (Å²) in [5.74, 6) is 0. The largest absolute Gasteiger partial charge is 0.312 e. The first kappa shape index (κ1) is 11.2. The van der Waals surface area contributed by atoms with Gasteiger partial charge in [0.2, 0.25) is 0 Å². The normalized spacial score (nSPS) is 13.8. The van der Waals surface area contributed by atoms with E-state index >= 15 is 0 Å². The molecule has 1 nitrogen and oxygen atoms in total. The molecule has 0 amide bonds. The zero-order valence-electron chi connectivity index (χ0n) is 9.27. The summed E-state index contributed by atoms with van der Waals surface area (Å²) in [5, 5.41) is 0. The Kier molecular flexibility index (Phi) is 3.12. The van der Waals surface area contributed by atoms with Crippen LogP contribution in [0.25, 0.3) is 0 Å². The summed E-state index contributed by atoms with van der Waals surface area (Å²) in [6.45, 7) is 1.09. The van der Waals surface area contributed by atoms with Gasteiger partial charge in [-0.3, -0.25) is 0 Å². The van der Waals surface area contributed by atoms with Crippen LogP contribution in [0.4, 0.5) is 5.69 Å². The molecule has 1 aliphatic rings. The first-order chi connectivity index (χ1) is 8.33. The third kappa shape index (κ3) is 2.35. The van der Waals surface area contributed by atoms with E-state index in [1.54, 1.807) is 0 Å². The standard InChI is InChI=1S/C14H12BrNS/c15-12-6-7-14-11(10-12)8-9-16(14)17-13-4-2-1-3-5-13/h1-7,10H,8-9H2. The average Bonchev–Trinajstić information content (AvgIpc) is 2.73. The van der Waals surface area contributed by atoms with Crippen molar-refractivity contribution in [1.82, 2.24) is 0 Å². The van der Waals surface area contributed by atoms with Crippen LogP contribution in [0, 0.1) is 0 Å². The summed E-state index contributed by atoms with van der Waals surface area (Å²) in [6, 6.07) is 17.1. The van der Waals surface area contributed by atoms with Crippen molar-refractivity contribution in [3.8, 4) is 0 Å². The second kappa shape index (κ2) is 4.75. The molecule has 0 aromatic heterocycles. The molecule has 86 valence electrons. The summed E-state index contributed by atoms with van der Waals surface area (Å²) in [5.41, 5.74) is 2.78. The molecule has 2 aromatic carbocycles. The van der Waals surface area contributed by atoms with Crippen LogP contribution in [-0.4, -0.2) is 6.54 Å². The van der Waals surface area contributed by atoms with E-state index in [2.05, 4.69) is 68.8 Å². The molecule has 0 saturated heterocycles. The van der Waals surface area contributed by atoms with Crippen LogP contribution in [0.15, 0.2) is 57.9 Å². The van der Waals surface area contributed by atoms with Gasteiger partial charge in [0.1, 0.15) is 0 Å². The molecule has 0 saturated carbocycles. The molecule has 0 radical (unpaired) electrons. The summed E-state index contributed by atoms with van der Waals surface area (Å²) in [7, 11) is 0. The third-order valence-corrected chi connectivity index (χ3v) is 4.43. The van der Waals surface area contributed by atoms with E-state index < -0.39 is 0 Å². The van der Waals surface area contributed by atoms with E-state index in [9.17, 15) is 0 Å². The summed E-state index contributed by atoms with van der Waals surface area (Å²) < 4.78 is 3.54. The highest BCUT2D eigenvalue weighted by Crippen LogP contribution is 2.37. The summed E-state index contributed by atoms with van der Waals surface area (Å²) in [6.07, 6.45) is 1.13. The molecule has 0 N–H and O–H groups in total. The van der Waals surface area contributed by atoms with Gasteiger partial charge < -0.3 is 4.31 Å². The number of nitrogens with zero attached hydrogens (tertiary/aromatic N) is 1. The fourth-order valence-electron chi connectivity index (χ4n) is 2.04. The Balaban J connectivity index is 1.85. The first-order valence-electron chi connectivity index (χ1n) is 5.62. The van der Waals surface area contributed by atoms with E-state index in [1.165, 1.54) is 20.6 Å². The Labute approximate surface area is 114 Å². The maximum absolute atomic E-state index is 3.53. The molecule has 17 heavy (non-hydrogen) atoms. The van der Waals surface area contributed by atoms with E-state index in [0.29, 0.717) is 0 Å². The van der Waals surface area contributed by atoms with Crippen molar-refractivity contribution in [1.29, 1.82) is 0 Å². The highest BCUT2D eigenvalue weighted by Gasteiger charge is 2.19. The number of hydrogen-bond donors (Lipinski definition) is 0. The molecule has 0 fully saturated rings. The predicted molar refractivity (Wildman–Crippen MR) is 77.5 cm³/mol. The van der Waals surface area contributed by atoms with Gasteiger partial charge in [-0.1, -0.05) is 34.1 Å². The molecular weight excluding hydrogens is 294 g/mol. The molecule has 0 spiro atoms. The second-order valence-electron chi connectivity index (χ2n) is 4.03. The van der Waals surface area contributed by atoms with Gasteiger partial charge in [0.15, 0.2) is 0 Å². The van der Waals surface area contributed by atoms with Crippen LogP contribution < -0.4 is 4.31 Å². The Morgan fingerprint density at radius 1 is 1.06 bits per heavy atom. The monoisotopic (exact) mass is 305 g/mol. The van der Waals surface area contributed by atoms with E-state index in [4.69, 9.17) is 0 Å². The van der Waals surface area contributed by atoms with Gasteiger partial charge in [0, 0.05) is 15.9 Å². The number of benzene rings is 2. The van der Waals surface area contributed by atoms with Crippen molar-refractivity contribution < 1.29 is 0 Å². The fraction of sp³-hybridized carbons (Fsp3) is 0.143. The van der Waals surface area contributed by atoms with E-state index in [1.807, 2.05) is 11.9 Å². The highest BCUT2D eigenvalue weighted by molar-refractivity contribution is 9.10. The SMILES string of the molecule is Brc1ccc2c(c1)CCN2Sc1ccccc1. The number of fused-ring (bicyclic) bond motifs is 1. The highest BCUT2D eigenvalue weighted by atomic mass is 79.9. The van der Waals surface area contributed by atoms with Crippen LogP contribution >= 0.6 is 27.9 Å². The summed E-state index contributed by atoms with van der Waals surface area (Å²) in [4.78, 5) is 1.29. The second-order valence-corrected chi connectivity index (χ2v) is 6.04. The predicted octanol–water partition coefficient (Wildman–Crippen LogP) is 4.52. The maximum atomic E-state index is 3.53. The molecule has 2 aromatic rings. The Hall–Kier alpha value is -0.930. The van der Waals surface area contributed by atoms with E-state index in [0.717, 1.165) is 13.0 Å². The molecule has 0 atom stereocenters. The maximum Gasteiger partial charge on any atom is 0.0506 e. The van der Waals surface area contributed by atoms with Gasteiger partial charge in [0.25, 0.3) is 0 Å². The van der Waals surface area contributed by atoms with Crippen LogP contribution in [0.1, 0.15) is 5.56 Å². The molecule has 0 unspecified atom stereocenters. The van der Waals surface area contributed by atoms with Crippen molar-refractivity contribution in [2.75, 3.05) is 10.8 Å². The van der Waals surface area contributed by atoms with Crippen LogP contribution in [-0.2, 0) is 6.42 Å².